The fourth-order valence-electron chi connectivity index (χ4n) is 2.40. The lowest BCUT2D eigenvalue weighted by Crippen LogP contribution is -2.44. The number of hydrogen-bond donors (Lipinski definition) is 1. The van der Waals surface area contributed by atoms with Gasteiger partial charge in [-0.05, 0) is 12.1 Å². The molecule has 1 heterocycles. The van der Waals surface area contributed by atoms with Crippen LogP contribution in [0.1, 0.15) is 24.2 Å². The van der Waals surface area contributed by atoms with E-state index in [1.54, 1.807) is 4.90 Å². The lowest BCUT2D eigenvalue weighted by Gasteiger charge is -2.34. The highest BCUT2D eigenvalue weighted by atomic mass is 32.2. The number of nitrogens with zero attached hydrogens (tertiary/aromatic N) is 2. The van der Waals surface area contributed by atoms with E-state index in [-0.39, 0.29) is 17.2 Å². The van der Waals surface area contributed by atoms with E-state index in [9.17, 15) is 14.9 Å². The fraction of sp³-hybridized carbons (Fsp3) is 0.462. The zero-order valence-corrected chi connectivity index (χ0v) is 12.2. The van der Waals surface area contributed by atoms with Crippen LogP contribution in [0.2, 0.25) is 0 Å². The van der Waals surface area contributed by atoms with Crippen LogP contribution in [-0.4, -0.2) is 39.3 Å². The normalized spacial score (nSPS) is 22.6. The highest BCUT2D eigenvalue weighted by Gasteiger charge is 2.30. The summed E-state index contributed by atoms with van der Waals surface area (Å²) in [5.41, 5.74) is 5.88. The molecule has 1 aromatic rings. The molecule has 1 aromatic carbocycles. The topological polar surface area (TPSA) is 89.5 Å². The molecule has 2 atom stereocenters. The van der Waals surface area contributed by atoms with E-state index in [0.29, 0.717) is 29.3 Å². The van der Waals surface area contributed by atoms with Gasteiger partial charge in [0.15, 0.2) is 0 Å². The molecule has 1 fully saturated rings. The van der Waals surface area contributed by atoms with Crippen molar-refractivity contribution in [3.63, 3.8) is 0 Å². The zero-order chi connectivity index (χ0) is 14.9. The lowest BCUT2D eigenvalue weighted by molar-refractivity contribution is -0.385. The highest BCUT2D eigenvalue weighted by molar-refractivity contribution is 8.00. The summed E-state index contributed by atoms with van der Waals surface area (Å²) in [6.07, 6.45) is 0. The minimum absolute atomic E-state index is 0.0706. The number of thioether (sulfide) groups is 1. The van der Waals surface area contributed by atoms with Gasteiger partial charge in [-0.25, -0.2) is 0 Å². The molecule has 1 aliphatic heterocycles. The zero-order valence-electron chi connectivity index (χ0n) is 11.4. The fourth-order valence-corrected chi connectivity index (χ4v) is 3.72. The molecule has 1 amide bonds. The number of carbonyl (C=O) groups is 1. The van der Waals surface area contributed by atoms with Gasteiger partial charge < -0.3 is 10.6 Å². The largest absolute Gasteiger partial charge is 0.399 e. The summed E-state index contributed by atoms with van der Waals surface area (Å²) >= 11 is 1.82. The Hall–Kier alpha value is -1.76. The first kappa shape index (κ1) is 14.6. The van der Waals surface area contributed by atoms with Crippen molar-refractivity contribution in [3.05, 3.63) is 33.9 Å². The average Bonchev–Trinajstić information content (AvgIpc) is 2.36. The van der Waals surface area contributed by atoms with Gasteiger partial charge in [0.1, 0.15) is 5.56 Å². The Morgan fingerprint density at radius 2 is 2.00 bits per heavy atom. The predicted molar refractivity (Wildman–Crippen MR) is 79.9 cm³/mol. The molecule has 2 N–H and O–H groups in total. The van der Waals surface area contributed by atoms with Crippen molar-refractivity contribution >= 4 is 29.0 Å². The second-order valence-corrected chi connectivity index (χ2v) is 6.88. The Kier molecular flexibility index (Phi) is 4.17. The van der Waals surface area contributed by atoms with Crippen molar-refractivity contribution in [2.24, 2.45) is 0 Å². The monoisotopic (exact) mass is 295 g/mol. The predicted octanol–water partition coefficient (Wildman–Crippen LogP) is 2.14. The number of amides is 1. The Bertz CT molecular complexity index is 540. The number of nitrogens with two attached hydrogens (primary N) is 1. The van der Waals surface area contributed by atoms with Crippen LogP contribution in [0.5, 0.6) is 0 Å². The molecule has 1 aliphatic rings. The Labute approximate surface area is 121 Å². The van der Waals surface area contributed by atoms with Crippen molar-refractivity contribution in [1.29, 1.82) is 0 Å². The van der Waals surface area contributed by atoms with E-state index in [4.69, 9.17) is 5.73 Å². The molecule has 0 bridgehead atoms. The molecule has 2 unspecified atom stereocenters. The molecule has 7 heteroatoms. The number of benzene rings is 1. The number of nitrogen functional groups attached to an aromatic ring is 1. The molecular weight excluding hydrogens is 278 g/mol. The number of hydrogen-bond acceptors (Lipinski definition) is 5. The van der Waals surface area contributed by atoms with Crippen LogP contribution in [0.15, 0.2) is 18.2 Å². The maximum atomic E-state index is 12.5. The van der Waals surface area contributed by atoms with Gasteiger partial charge in [-0.3, -0.25) is 14.9 Å². The molecule has 6 nitrogen and oxygen atoms in total. The maximum absolute atomic E-state index is 12.5. The van der Waals surface area contributed by atoms with Gasteiger partial charge in [0.2, 0.25) is 0 Å². The summed E-state index contributed by atoms with van der Waals surface area (Å²) in [6.45, 7) is 5.29. The second kappa shape index (κ2) is 5.70. The van der Waals surface area contributed by atoms with Crippen LogP contribution in [0.4, 0.5) is 11.4 Å². The molecule has 108 valence electrons. The second-order valence-electron chi connectivity index (χ2n) is 5.00. The van der Waals surface area contributed by atoms with Gasteiger partial charge in [0.25, 0.3) is 11.6 Å². The smallest absolute Gasteiger partial charge is 0.282 e. The summed E-state index contributed by atoms with van der Waals surface area (Å²) in [5, 5.41) is 11.7. The van der Waals surface area contributed by atoms with E-state index < -0.39 is 4.92 Å². The van der Waals surface area contributed by atoms with Crippen LogP contribution in [0.25, 0.3) is 0 Å². The quantitative estimate of drug-likeness (QED) is 0.513. The minimum Gasteiger partial charge on any atom is -0.399 e. The van der Waals surface area contributed by atoms with E-state index in [1.807, 2.05) is 25.6 Å². The minimum atomic E-state index is -0.543. The van der Waals surface area contributed by atoms with Crippen LogP contribution < -0.4 is 5.73 Å². The summed E-state index contributed by atoms with van der Waals surface area (Å²) in [6, 6.07) is 4.11. The van der Waals surface area contributed by atoms with Gasteiger partial charge in [0.05, 0.1) is 4.92 Å². The number of carbonyl (C=O) groups excluding carboxylic acids is 1. The Morgan fingerprint density at radius 3 is 2.55 bits per heavy atom. The van der Waals surface area contributed by atoms with Gasteiger partial charge in [-0.15, -0.1) is 0 Å². The van der Waals surface area contributed by atoms with Crippen molar-refractivity contribution in [1.82, 2.24) is 4.90 Å². The van der Waals surface area contributed by atoms with E-state index in [2.05, 4.69) is 0 Å². The Balaban J connectivity index is 2.33. The van der Waals surface area contributed by atoms with Gasteiger partial charge in [0, 0.05) is 35.3 Å². The third-order valence-electron chi connectivity index (χ3n) is 3.15. The third kappa shape index (κ3) is 3.04. The first-order valence-electron chi connectivity index (χ1n) is 6.37. The number of nitro benzene ring substituents is 1. The third-order valence-corrected chi connectivity index (χ3v) is 4.38. The molecular formula is C13H17N3O3S. The summed E-state index contributed by atoms with van der Waals surface area (Å²) in [4.78, 5) is 24.7. The SMILES string of the molecule is CC1CN(C(=O)c2cc(N)ccc2[N+](=O)[O-])CC(C)S1. The molecule has 0 saturated carbocycles. The number of rotatable bonds is 2. The van der Waals surface area contributed by atoms with Crippen molar-refractivity contribution in [3.8, 4) is 0 Å². The molecule has 20 heavy (non-hydrogen) atoms. The molecule has 2 rings (SSSR count). The molecule has 1 saturated heterocycles. The van der Waals surface area contributed by atoms with E-state index in [0.717, 1.165) is 0 Å². The first-order chi connectivity index (χ1) is 9.38. The van der Waals surface area contributed by atoms with Crippen molar-refractivity contribution < 1.29 is 9.72 Å². The molecule has 0 aliphatic carbocycles. The van der Waals surface area contributed by atoms with Crippen molar-refractivity contribution in [2.75, 3.05) is 18.8 Å². The molecule has 0 spiro atoms. The van der Waals surface area contributed by atoms with Crippen LogP contribution in [0.3, 0.4) is 0 Å². The van der Waals surface area contributed by atoms with Gasteiger partial charge >= 0.3 is 0 Å². The molecule has 0 radical (unpaired) electrons. The molecule has 0 aromatic heterocycles. The van der Waals surface area contributed by atoms with E-state index in [1.165, 1.54) is 18.2 Å². The van der Waals surface area contributed by atoms with Crippen molar-refractivity contribution in [2.45, 2.75) is 24.3 Å². The highest BCUT2D eigenvalue weighted by Crippen LogP contribution is 2.28. The first-order valence-corrected chi connectivity index (χ1v) is 7.31. The standard InChI is InChI=1S/C13H17N3O3S/c1-8-6-15(7-9(2)20-8)13(17)11-5-10(14)3-4-12(11)16(18)19/h3-5,8-9H,6-7,14H2,1-2H3. The summed E-state index contributed by atoms with van der Waals surface area (Å²) < 4.78 is 0. The summed E-state index contributed by atoms with van der Waals surface area (Å²) in [7, 11) is 0. The lowest BCUT2D eigenvalue weighted by atomic mass is 10.1. The van der Waals surface area contributed by atoms with Crippen LogP contribution in [0, 0.1) is 10.1 Å². The van der Waals surface area contributed by atoms with Gasteiger partial charge in [-0.1, -0.05) is 13.8 Å². The summed E-state index contributed by atoms with van der Waals surface area (Å²) in [5.74, 6) is -0.317. The maximum Gasteiger partial charge on any atom is 0.282 e. The Morgan fingerprint density at radius 1 is 1.40 bits per heavy atom. The number of nitro groups is 1. The van der Waals surface area contributed by atoms with Gasteiger partial charge in [-0.2, -0.15) is 11.8 Å². The van der Waals surface area contributed by atoms with Crippen LogP contribution in [-0.2, 0) is 0 Å². The number of anilines is 1. The van der Waals surface area contributed by atoms with Crippen LogP contribution >= 0.6 is 11.8 Å². The average molecular weight is 295 g/mol. The van der Waals surface area contributed by atoms with E-state index >= 15 is 0 Å².